The Hall–Kier alpha value is -3.05. The molecule has 0 amide bonds. The number of ether oxygens (including phenoxy) is 1. The third kappa shape index (κ3) is 4.41. The molecular weight excluding hydrogens is 376 g/mol. The van der Waals surface area contributed by atoms with Crippen molar-refractivity contribution in [2.24, 2.45) is 0 Å². The lowest BCUT2D eigenvalue weighted by Gasteiger charge is -2.35. The van der Waals surface area contributed by atoms with Gasteiger partial charge in [-0.15, -0.1) is 0 Å². The van der Waals surface area contributed by atoms with Crippen LogP contribution in [0.5, 0.6) is 5.75 Å². The molecule has 0 saturated heterocycles. The van der Waals surface area contributed by atoms with Gasteiger partial charge in [0.25, 0.3) is 0 Å². The van der Waals surface area contributed by atoms with Gasteiger partial charge in [0.15, 0.2) is 0 Å². The third-order valence-electron chi connectivity index (χ3n) is 5.77. The highest BCUT2D eigenvalue weighted by Gasteiger charge is 2.24. The first-order chi connectivity index (χ1) is 14.5. The number of carboxylic acids is 1. The van der Waals surface area contributed by atoms with Gasteiger partial charge < -0.3 is 20.1 Å². The predicted molar refractivity (Wildman–Crippen MR) is 120 cm³/mol. The van der Waals surface area contributed by atoms with Crippen LogP contribution in [0.2, 0.25) is 0 Å². The van der Waals surface area contributed by atoms with Crippen molar-refractivity contribution in [3.8, 4) is 5.75 Å². The number of benzene rings is 3. The Bertz CT molecular complexity index is 1040. The second-order valence-corrected chi connectivity index (χ2v) is 8.01. The van der Waals surface area contributed by atoms with Gasteiger partial charge in [0.05, 0.1) is 12.2 Å². The molecule has 0 fully saturated rings. The number of aliphatic carboxylic acids is 1. The van der Waals surface area contributed by atoms with Crippen LogP contribution in [-0.4, -0.2) is 37.3 Å². The van der Waals surface area contributed by atoms with Crippen LogP contribution >= 0.6 is 0 Å². The molecule has 0 radical (unpaired) electrons. The van der Waals surface area contributed by atoms with Crippen molar-refractivity contribution in [2.75, 3.05) is 25.0 Å². The fraction of sp³-hybridized carbons (Fsp3) is 0.320. The van der Waals surface area contributed by atoms with Crippen molar-refractivity contribution in [3.63, 3.8) is 0 Å². The second kappa shape index (κ2) is 8.76. The van der Waals surface area contributed by atoms with E-state index in [1.807, 2.05) is 18.2 Å². The molecule has 5 nitrogen and oxygen atoms in total. The second-order valence-electron chi connectivity index (χ2n) is 8.01. The number of likely N-dealkylation sites (N-methyl/N-ethyl adjacent to an activating group) is 1. The molecule has 4 rings (SSSR count). The minimum atomic E-state index is -0.774. The molecule has 0 saturated carbocycles. The highest BCUT2D eigenvalue weighted by Crippen LogP contribution is 2.34. The van der Waals surface area contributed by atoms with Crippen molar-refractivity contribution in [1.82, 2.24) is 5.32 Å². The highest BCUT2D eigenvalue weighted by atomic mass is 16.5. The van der Waals surface area contributed by atoms with E-state index in [-0.39, 0.29) is 18.6 Å². The van der Waals surface area contributed by atoms with E-state index in [0.717, 1.165) is 30.1 Å². The number of hydrogen-bond donors (Lipinski definition) is 2. The Balaban J connectivity index is 1.41. The fourth-order valence-corrected chi connectivity index (χ4v) is 4.14. The molecule has 2 N–H and O–H groups in total. The molecule has 156 valence electrons. The van der Waals surface area contributed by atoms with E-state index in [0.29, 0.717) is 6.42 Å². The van der Waals surface area contributed by atoms with E-state index in [4.69, 9.17) is 9.84 Å². The maximum absolute atomic E-state index is 10.8. The number of nitrogens with zero attached hydrogens (tertiary/aromatic N) is 1. The SMILES string of the molecule is CC(NCC1CN(C)c2cc(CCC(=O)O)ccc2O1)c1cccc2ccccc12. The molecule has 0 aliphatic carbocycles. The Kier molecular flexibility index (Phi) is 5.91. The van der Waals surface area contributed by atoms with Crippen LogP contribution in [0.3, 0.4) is 0 Å². The van der Waals surface area contributed by atoms with Crippen LogP contribution in [0.1, 0.15) is 30.5 Å². The number of nitrogens with one attached hydrogen (secondary N) is 1. The Morgan fingerprint density at radius 1 is 1.20 bits per heavy atom. The smallest absolute Gasteiger partial charge is 0.303 e. The zero-order valence-corrected chi connectivity index (χ0v) is 17.5. The topological polar surface area (TPSA) is 61.8 Å². The molecule has 30 heavy (non-hydrogen) atoms. The molecule has 2 unspecified atom stereocenters. The van der Waals surface area contributed by atoms with Crippen molar-refractivity contribution in [2.45, 2.75) is 31.9 Å². The van der Waals surface area contributed by atoms with E-state index in [1.54, 1.807) is 0 Å². The number of rotatable bonds is 7. The van der Waals surface area contributed by atoms with Gasteiger partial charge in [-0.1, -0.05) is 48.5 Å². The third-order valence-corrected chi connectivity index (χ3v) is 5.77. The number of aryl methyl sites for hydroxylation is 1. The van der Waals surface area contributed by atoms with Gasteiger partial charge >= 0.3 is 5.97 Å². The summed E-state index contributed by atoms with van der Waals surface area (Å²) in [5, 5.41) is 15.1. The molecule has 5 heteroatoms. The summed E-state index contributed by atoms with van der Waals surface area (Å²) in [7, 11) is 2.06. The van der Waals surface area contributed by atoms with E-state index >= 15 is 0 Å². The summed E-state index contributed by atoms with van der Waals surface area (Å²) in [4.78, 5) is 13.0. The first kappa shape index (κ1) is 20.2. The predicted octanol–water partition coefficient (Wildman–Crippen LogP) is 4.41. The summed E-state index contributed by atoms with van der Waals surface area (Å²) in [6.45, 7) is 3.72. The molecule has 0 spiro atoms. The largest absolute Gasteiger partial charge is 0.485 e. The molecule has 1 aliphatic rings. The molecule has 2 atom stereocenters. The Morgan fingerprint density at radius 2 is 2.00 bits per heavy atom. The van der Waals surface area contributed by atoms with E-state index in [9.17, 15) is 4.79 Å². The number of carboxylic acid groups (broad SMARTS) is 1. The van der Waals surface area contributed by atoms with Gasteiger partial charge in [-0.2, -0.15) is 0 Å². The quantitative estimate of drug-likeness (QED) is 0.611. The summed E-state index contributed by atoms with van der Waals surface area (Å²) in [6, 6.07) is 21.1. The summed E-state index contributed by atoms with van der Waals surface area (Å²) >= 11 is 0. The number of carbonyl (C=O) groups is 1. The van der Waals surface area contributed by atoms with Crippen LogP contribution in [0, 0.1) is 0 Å². The van der Waals surface area contributed by atoms with Crippen molar-refractivity contribution in [3.05, 3.63) is 71.8 Å². The lowest BCUT2D eigenvalue weighted by molar-refractivity contribution is -0.136. The number of anilines is 1. The maximum Gasteiger partial charge on any atom is 0.303 e. The normalized spacial score (nSPS) is 16.7. The van der Waals surface area contributed by atoms with Crippen molar-refractivity contribution < 1.29 is 14.6 Å². The zero-order chi connectivity index (χ0) is 21.1. The number of fused-ring (bicyclic) bond motifs is 2. The summed E-state index contributed by atoms with van der Waals surface area (Å²) in [6.07, 6.45) is 0.719. The van der Waals surface area contributed by atoms with Crippen LogP contribution in [-0.2, 0) is 11.2 Å². The van der Waals surface area contributed by atoms with Crippen LogP contribution < -0.4 is 15.0 Å². The standard InChI is InChI=1S/C25H28N2O3/c1-17(21-9-5-7-19-6-3-4-8-22(19)21)26-15-20-16-27(2)23-14-18(11-13-25(28)29)10-12-24(23)30-20/h3-10,12,14,17,20,26H,11,13,15-16H2,1-2H3,(H,28,29). The van der Waals surface area contributed by atoms with Gasteiger partial charge in [-0.3, -0.25) is 4.79 Å². The molecule has 3 aromatic rings. The first-order valence-electron chi connectivity index (χ1n) is 10.4. The monoisotopic (exact) mass is 404 g/mol. The molecule has 3 aromatic carbocycles. The van der Waals surface area contributed by atoms with Crippen molar-refractivity contribution >= 4 is 22.4 Å². The molecule has 0 bridgehead atoms. The average molecular weight is 405 g/mol. The fourth-order valence-electron chi connectivity index (χ4n) is 4.14. The molecule has 0 aromatic heterocycles. The van der Waals surface area contributed by atoms with Gasteiger partial charge in [-0.05, 0) is 47.4 Å². The van der Waals surface area contributed by atoms with Gasteiger partial charge in [0.1, 0.15) is 11.9 Å². The van der Waals surface area contributed by atoms with Gasteiger partial charge in [-0.25, -0.2) is 0 Å². The van der Waals surface area contributed by atoms with Crippen LogP contribution in [0.25, 0.3) is 10.8 Å². The highest BCUT2D eigenvalue weighted by molar-refractivity contribution is 5.86. The van der Waals surface area contributed by atoms with E-state index in [1.165, 1.54) is 16.3 Å². The molecular formula is C25H28N2O3. The minimum absolute atomic E-state index is 0.0461. The minimum Gasteiger partial charge on any atom is -0.485 e. The Labute approximate surface area is 177 Å². The summed E-state index contributed by atoms with van der Waals surface area (Å²) < 4.78 is 6.24. The van der Waals surface area contributed by atoms with E-state index in [2.05, 4.69) is 66.7 Å². The maximum atomic E-state index is 10.8. The van der Waals surface area contributed by atoms with Crippen LogP contribution in [0.4, 0.5) is 5.69 Å². The zero-order valence-electron chi connectivity index (χ0n) is 17.5. The first-order valence-corrected chi connectivity index (χ1v) is 10.4. The van der Waals surface area contributed by atoms with E-state index < -0.39 is 5.97 Å². The van der Waals surface area contributed by atoms with Crippen LogP contribution in [0.15, 0.2) is 60.7 Å². The Morgan fingerprint density at radius 3 is 2.83 bits per heavy atom. The lowest BCUT2D eigenvalue weighted by atomic mass is 9.99. The number of hydrogen-bond acceptors (Lipinski definition) is 4. The van der Waals surface area contributed by atoms with Crippen molar-refractivity contribution in [1.29, 1.82) is 0 Å². The van der Waals surface area contributed by atoms with Gasteiger partial charge in [0.2, 0.25) is 0 Å². The molecule has 1 aliphatic heterocycles. The average Bonchev–Trinajstić information content (AvgIpc) is 2.75. The lowest BCUT2D eigenvalue weighted by Crippen LogP contribution is -2.44. The van der Waals surface area contributed by atoms with Gasteiger partial charge in [0, 0.05) is 26.1 Å². The summed E-state index contributed by atoms with van der Waals surface area (Å²) in [5.41, 5.74) is 3.34. The molecule has 1 heterocycles. The summed E-state index contributed by atoms with van der Waals surface area (Å²) in [5.74, 6) is 0.0798.